The van der Waals surface area contributed by atoms with Gasteiger partial charge >= 0.3 is 21.3 Å². The zero-order valence-corrected chi connectivity index (χ0v) is 19.6. The zero-order valence-electron chi connectivity index (χ0n) is 17.9. The number of aliphatic hydroxyl groups is 6. The van der Waals surface area contributed by atoms with Crippen LogP contribution in [0.1, 0.15) is 6.23 Å². The molecule has 0 amide bonds. The number of aromatic amines is 1. The summed E-state index contributed by atoms with van der Waals surface area (Å²) in [4.78, 5) is 44.5. The van der Waals surface area contributed by atoms with Crippen LogP contribution in [-0.2, 0) is 32.0 Å². The average Bonchev–Trinajstić information content (AvgIpc) is 3.06. The van der Waals surface area contributed by atoms with Crippen molar-refractivity contribution in [1.29, 1.82) is 0 Å². The van der Waals surface area contributed by atoms with E-state index in [9.17, 15) is 54.0 Å². The predicted octanol–water partition coefficient (Wildman–Crippen LogP) is -4.79. The number of H-pyrrole nitrogens is 1. The first-order valence-corrected chi connectivity index (χ1v) is 13.0. The molecule has 2 saturated heterocycles. The van der Waals surface area contributed by atoms with Gasteiger partial charge in [-0.3, -0.25) is 23.4 Å². The SMILES string of the molecule is O=c1ccn([C@@H]2O[C@H](COP(=O)(O)OP(=O)(O)OC3O[C@H](CO)[C@H](O)[C@H](O)[C@H]3O)[C@H](O)C2O)c(=O)[nH]1. The minimum absolute atomic E-state index is 0.723. The Bertz CT molecular complexity index is 1120. The van der Waals surface area contributed by atoms with Gasteiger partial charge in [0.2, 0.25) is 0 Å². The molecule has 2 fully saturated rings. The summed E-state index contributed by atoms with van der Waals surface area (Å²) in [7, 11) is -11.1. The first-order chi connectivity index (χ1) is 16.7. The standard InChI is InChI=1S/C15H24N2O17P2/c18-3-5-8(20)10(22)12(24)14(32-5)33-36(28,29)34-35(26,27)30-4-6-9(21)11(23)13(31-6)17-2-1-7(19)16-15(17)25/h1-2,5-6,8-14,18,20-24H,3-4H2,(H,26,27)(H,28,29)(H,16,19,25)/t5-,6-,8+,9+,10+,11?,12-,13-,14?/m1/s1. The Hall–Kier alpha value is -1.38. The molecule has 2 aliphatic heterocycles. The van der Waals surface area contributed by atoms with Gasteiger partial charge in [0.05, 0.1) is 13.2 Å². The van der Waals surface area contributed by atoms with Gasteiger partial charge in [-0.25, -0.2) is 13.9 Å². The van der Waals surface area contributed by atoms with Crippen molar-refractivity contribution in [3.8, 4) is 0 Å². The molecule has 21 heteroatoms. The topological polar surface area (TPSA) is 297 Å². The number of rotatable bonds is 9. The van der Waals surface area contributed by atoms with E-state index in [0.717, 1.165) is 16.8 Å². The number of ether oxygens (including phenoxy) is 2. The number of nitrogens with zero attached hydrogens (tertiary/aromatic N) is 1. The first kappa shape index (κ1) is 29.2. The minimum Gasteiger partial charge on any atom is -0.394 e. The van der Waals surface area contributed by atoms with E-state index in [4.69, 9.17) is 14.6 Å². The lowest BCUT2D eigenvalue weighted by Crippen LogP contribution is -2.58. The van der Waals surface area contributed by atoms with Crippen LogP contribution in [0.5, 0.6) is 0 Å². The van der Waals surface area contributed by atoms with Crippen LogP contribution in [0.4, 0.5) is 0 Å². The number of aromatic nitrogens is 2. The molecule has 0 bridgehead atoms. The quantitative estimate of drug-likeness (QED) is 0.127. The second-order valence-corrected chi connectivity index (χ2v) is 10.7. The first-order valence-electron chi connectivity index (χ1n) is 9.99. The molecule has 0 aliphatic carbocycles. The van der Waals surface area contributed by atoms with Crippen LogP contribution in [0.3, 0.4) is 0 Å². The summed E-state index contributed by atoms with van der Waals surface area (Å²) in [5.74, 6) is 0. The number of phosphoric acid groups is 2. The molecule has 0 saturated carbocycles. The van der Waals surface area contributed by atoms with E-state index in [2.05, 4.69) is 13.4 Å². The van der Waals surface area contributed by atoms with Crippen LogP contribution in [-0.4, -0.2) is 112 Å². The minimum atomic E-state index is -5.59. The maximum absolute atomic E-state index is 12.2. The molecular formula is C15H24N2O17P2. The summed E-state index contributed by atoms with van der Waals surface area (Å²) >= 11 is 0. The smallest absolute Gasteiger partial charge is 0.394 e. The highest BCUT2D eigenvalue weighted by Gasteiger charge is 2.49. The molecule has 9 N–H and O–H groups in total. The van der Waals surface area contributed by atoms with Gasteiger partial charge in [-0.1, -0.05) is 0 Å². The Balaban J connectivity index is 1.61. The Morgan fingerprint density at radius 2 is 1.56 bits per heavy atom. The summed E-state index contributed by atoms with van der Waals surface area (Å²) in [5.41, 5.74) is -1.75. The fourth-order valence-corrected chi connectivity index (χ4v) is 5.51. The highest BCUT2D eigenvalue weighted by atomic mass is 31.3. The molecule has 11 atom stereocenters. The largest absolute Gasteiger partial charge is 0.483 e. The van der Waals surface area contributed by atoms with Gasteiger partial charge < -0.3 is 49.9 Å². The summed E-state index contributed by atoms with van der Waals surface area (Å²) in [6, 6.07) is 0.928. The molecule has 4 unspecified atom stereocenters. The van der Waals surface area contributed by atoms with Crippen LogP contribution >= 0.6 is 15.6 Å². The molecule has 1 aromatic heterocycles. The van der Waals surface area contributed by atoms with Crippen molar-refractivity contribution in [1.82, 2.24) is 9.55 Å². The van der Waals surface area contributed by atoms with Gasteiger partial charge in [0, 0.05) is 12.3 Å². The molecular weight excluding hydrogens is 542 g/mol. The Morgan fingerprint density at radius 3 is 2.17 bits per heavy atom. The maximum atomic E-state index is 12.2. The molecule has 19 nitrogen and oxygen atoms in total. The number of hydrogen-bond donors (Lipinski definition) is 9. The number of hydrogen-bond acceptors (Lipinski definition) is 15. The van der Waals surface area contributed by atoms with Crippen LogP contribution < -0.4 is 11.2 Å². The van der Waals surface area contributed by atoms with Crippen molar-refractivity contribution < 1.29 is 72.4 Å². The number of nitrogens with one attached hydrogen (secondary N) is 1. The van der Waals surface area contributed by atoms with E-state index in [1.54, 1.807) is 0 Å². The van der Waals surface area contributed by atoms with Crippen molar-refractivity contribution in [3.63, 3.8) is 0 Å². The van der Waals surface area contributed by atoms with Gasteiger partial charge in [-0.2, -0.15) is 4.31 Å². The summed E-state index contributed by atoms with van der Waals surface area (Å²) in [5, 5.41) is 58.6. The van der Waals surface area contributed by atoms with E-state index in [1.165, 1.54) is 0 Å². The molecule has 206 valence electrons. The van der Waals surface area contributed by atoms with Gasteiger partial charge in [-0.05, 0) is 0 Å². The molecule has 0 spiro atoms. The fourth-order valence-electron chi connectivity index (χ4n) is 3.35. The maximum Gasteiger partial charge on any atom is 0.483 e. The third-order valence-corrected chi connectivity index (χ3v) is 7.76. The molecule has 3 rings (SSSR count). The predicted molar refractivity (Wildman–Crippen MR) is 109 cm³/mol. The lowest BCUT2D eigenvalue weighted by Gasteiger charge is -2.39. The Labute approximate surface area is 199 Å². The normalized spacial score (nSPS) is 38.4. The Morgan fingerprint density at radius 1 is 0.917 bits per heavy atom. The van der Waals surface area contributed by atoms with E-state index in [1.807, 2.05) is 4.98 Å². The molecule has 0 aromatic carbocycles. The van der Waals surface area contributed by atoms with Gasteiger partial charge in [0.15, 0.2) is 12.5 Å². The van der Waals surface area contributed by atoms with Gasteiger partial charge in [0.25, 0.3) is 5.56 Å². The molecule has 2 aliphatic rings. The average molecular weight is 566 g/mol. The lowest BCUT2D eigenvalue weighted by atomic mass is 10.00. The van der Waals surface area contributed by atoms with Crippen LogP contribution in [0.2, 0.25) is 0 Å². The second kappa shape index (κ2) is 11.2. The van der Waals surface area contributed by atoms with Crippen molar-refractivity contribution in [2.75, 3.05) is 13.2 Å². The second-order valence-electron chi connectivity index (χ2n) is 7.68. The van der Waals surface area contributed by atoms with E-state index < -0.39 is 95.4 Å². The van der Waals surface area contributed by atoms with Crippen LogP contribution in [0.25, 0.3) is 0 Å². The highest BCUT2D eigenvalue weighted by Crippen LogP contribution is 2.61. The summed E-state index contributed by atoms with van der Waals surface area (Å²) in [6.07, 6.45) is -15.4. The monoisotopic (exact) mass is 566 g/mol. The van der Waals surface area contributed by atoms with Gasteiger partial charge in [0.1, 0.15) is 42.7 Å². The Kier molecular flexibility index (Phi) is 9.05. The van der Waals surface area contributed by atoms with Gasteiger partial charge in [-0.15, -0.1) is 0 Å². The van der Waals surface area contributed by atoms with Crippen molar-refractivity contribution in [2.24, 2.45) is 0 Å². The van der Waals surface area contributed by atoms with E-state index in [0.29, 0.717) is 0 Å². The molecule has 3 heterocycles. The molecule has 1 aromatic rings. The van der Waals surface area contributed by atoms with Crippen molar-refractivity contribution in [2.45, 2.75) is 55.2 Å². The molecule has 36 heavy (non-hydrogen) atoms. The van der Waals surface area contributed by atoms with Crippen LogP contribution in [0.15, 0.2) is 21.9 Å². The van der Waals surface area contributed by atoms with Crippen LogP contribution in [0, 0.1) is 0 Å². The summed E-state index contributed by atoms with van der Waals surface area (Å²) < 4.78 is 48.1. The van der Waals surface area contributed by atoms with Crippen molar-refractivity contribution >= 4 is 15.6 Å². The number of phosphoric ester groups is 2. The third-order valence-electron chi connectivity index (χ3n) is 5.16. The summed E-state index contributed by atoms with van der Waals surface area (Å²) in [6.45, 7) is -1.93. The van der Waals surface area contributed by atoms with E-state index in [-0.39, 0.29) is 0 Å². The zero-order chi connectivity index (χ0) is 27.0. The third kappa shape index (κ3) is 6.54. The molecule has 0 radical (unpaired) electrons. The van der Waals surface area contributed by atoms with Crippen molar-refractivity contribution in [3.05, 3.63) is 33.1 Å². The van der Waals surface area contributed by atoms with E-state index >= 15 is 0 Å². The lowest BCUT2D eigenvalue weighted by molar-refractivity contribution is -0.280. The number of aliphatic hydroxyl groups excluding tert-OH is 6. The highest BCUT2D eigenvalue weighted by molar-refractivity contribution is 7.61. The fraction of sp³-hybridized carbons (Fsp3) is 0.733.